The molecule has 0 fully saturated rings. The van der Waals surface area contributed by atoms with Gasteiger partial charge in [-0.15, -0.1) is 22.7 Å². The molecule has 0 saturated carbocycles. The van der Waals surface area contributed by atoms with E-state index in [9.17, 15) is 0 Å². The largest absolute Gasteiger partial charge is 0.456 e. The lowest BCUT2D eigenvalue weighted by atomic mass is 10.0. The molecule has 0 radical (unpaired) electrons. The number of furan rings is 1. The maximum absolute atomic E-state index is 6.39. The van der Waals surface area contributed by atoms with Crippen LogP contribution in [0.4, 0.5) is 0 Å². The van der Waals surface area contributed by atoms with Crippen molar-refractivity contribution in [1.29, 1.82) is 0 Å². The summed E-state index contributed by atoms with van der Waals surface area (Å²) < 4.78 is 10.9. The fourth-order valence-corrected chi connectivity index (χ4v) is 10.1. The lowest BCUT2D eigenvalue weighted by Gasteiger charge is -2.09. The lowest BCUT2D eigenvalue weighted by molar-refractivity contribution is 0.663. The van der Waals surface area contributed by atoms with Gasteiger partial charge in [-0.25, -0.2) is 20.0 Å². The summed E-state index contributed by atoms with van der Waals surface area (Å²) in [6.45, 7) is 8.27. The van der Waals surface area contributed by atoms with Crippen molar-refractivity contribution in [3.05, 3.63) is 180 Å². The molecule has 4 aromatic heterocycles. The molecule has 0 aliphatic heterocycles. The van der Waals surface area contributed by atoms with Crippen molar-refractivity contribution in [3.8, 4) is 22.6 Å². The number of aliphatic imine (C=N–C) groups is 3. The van der Waals surface area contributed by atoms with Crippen LogP contribution in [0.3, 0.4) is 0 Å². The highest BCUT2D eigenvalue weighted by atomic mass is 32.1. The molecular formula is C52H37N5OS2. The van der Waals surface area contributed by atoms with Gasteiger partial charge in [0.2, 0.25) is 0 Å². The van der Waals surface area contributed by atoms with Crippen molar-refractivity contribution in [2.45, 2.75) is 20.4 Å². The van der Waals surface area contributed by atoms with Crippen LogP contribution in [0.5, 0.6) is 0 Å². The third-order valence-electron chi connectivity index (χ3n) is 10.5. The summed E-state index contributed by atoms with van der Waals surface area (Å²) in [4.78, 5) is 25.3. The molecule has 0 N–H and O–H groups in total. The number of hydrogen-bond acceptors (Lipinski definition) is 6. The van der Waals surface area contributed by atoms with Crippen LogP contribution in [0.2, 0.25) is 0 Å². The Morgan fingerprint density at radius 2 is 1.32 bits per heavy atom. The molecule has 288 valence electrons. The Morgan fingerprint density at radius 3 is 2.15 bits per heavy atom. The van der Waals surface area contributed by atoms with Crippen molar-refractivity contribution >= 4 is 103 Å². The predicted molar refractivity (Wildman–Crippen MR) is 257 cm³/mol. The highest BCUT2D eigenvalue weighted by Gasteiger charge is 2.20. The molecular weight excluding hydrogens is 775 g/mol. The molecule has 60 heavy (non-hydrogen) atoms. The van der Waals surface area contributed by atoms with Gasteiger partial charge < -0.3 is 4.42 Å². The van der Waals surface area contributed by atoms with Gasteiger partial charge in [0.15, 0.2) is 17.5 Å². The Hall–Kier alpha value is -7.13. The fourth-order valence-electron chi connectivity index (χ4n) is 7.81. The summed E-state index contributed by atoms with van der Waals surface area (Å²) in [5.74, 6) is 1.77. The van der Waals surface area contributed by atoms with E-state index in [1.807, 2.05) is 68.4 Å². The Morgan fingerprint density at radius 1 is 0.600 bits per heavy atom. The topological polar surface area (TPSA) is 76.0 Å². The molecule has 6 nitrogen and oxygen atoms in total. The summed E-state index contributed by atoms with van der Waals surface area (Å²) >= 11 is 3.49. The minimum Gasteiger partial charge on any atom is -0.456 e. The third kappa shape index (κ3) is 6.56. The van der Waals surface area contributed by atoms with Crippen molar-refractivity contribution in [2.24, 2.45) is 15.0 Å². The number of amidine groups is 2. The summed E-state index contributed by atoms with van der Waals surface area (Å²) in [6, 6.07) is 56.0. The average molecular weight is 812 g/mol. The smallest absolute Gasteiger partial charge is 0.161 e. The van der Waals surface area contributed by atoms with Crippen LogP contribution in [-0.4, -0.2) is 28.4 Å². The van der Waals surface area contributed by atoms with Crippen molar-refractivity contribution in [2.75, 3.05) is 0 Å². The molecule has 11 aromatic rings. The zero-order valence-corrected chi connectivity index (χ0v) is 34.6. The van der Waals surface area contributed by atoms with Crippen molar-refractivity contribution < 1.29 is 4.42 Å². The van der Waals surface area contributed by atoms with E-state index >= 15 is 0 Å². The van der Waals surface area contributed by atoms with Crippen LogP contribution >= 0.6 is 22.7 Å². The van der Waals surface area contributed by atoms with Crippen LogP contribution in [0.1, 0.15) is 30.5 Å². The number of para-hydroxylation sites is 2. The van der Waals surface area contributed by atoms with Gasteiger partial charge in [0.05, 0.1) is 22.5 Å². The molecule has 8 heteroatoms. The first-order chi connectivity index (χ1) is 29.7. The van der Waals surface area contributed by atoms with Gasteiger partial charge in [-0.2, -0.15) is 0 Å². The highest BCUT2D eigenvalue weighted by molar-refractivity contribution is 7.26. The van der Waals surface area contributed by atoms with Gasteiger partial charge >= 0.3 is 0 Å². The van der Waals surface area contributed by atoms with E-state index in [1.54, 1.807) is 22.7 Å². The van der Waals surface area contributed by atoms with Gasteiger partial charge in [0.1, 0.15) is 11.2 Å². The summed E-state index contributed by atoms with van der Waals surface area (Å²) in [5.41, 5.74) is 8.40. The van der Waals surface area contributed by atoms with E-state index in [0.717, 1.165) is 91.2 Å². The zero-order valence-electron chi connectivity index (χ0n) is 33.0. The zero-order chi connectivity index (χ0) is 40.6. The van der Waals surface area contributed by atoms with Gasteiger partial charge in [-0.1, -0.05) is 153 Å². The third-order valence-corrected chi connectivity index (χ3v) is 12.8. The van der Waals surface area contributed by atoms with E-state index in [2.05, 4.69) is 121 Å². The van der Waals surface area contributed by atoms with Gasteiger partial charge in [0, 0.05) is 68.8 Å². The lowest BCUT2D eigenvalue weighted by Crippen LogP contribution is -2.06. The molecule has 0 spiro atoms. The second-order valence-corrected chi connectivity index (χ2v) is 16.2. The van der Waals surface area contributed by atoms with Crippen molar-refractivity contribution in [3.63, 3.8) is 0 Å². The first-order valence-corrected chi connectivity index (χ1v) is 21.6. The van der Waals surface area contributed by atoms with Gasteiger partial charge in [0.25, 0.3) is 0 Å². The number of aromatic nitrogens is 2. The Kier molecular flexibility index (Phi) is 9.85. The molecule has 0 atom stereocenters. The van der Waals surface area contributed by atoms with Crippen LogP contribution in [0.15, 0.2) is 183 Å². The van der Waals surface area contributed by atoms with Crippen molar-refractivity contribution in [1.82, 2.24) is 9.97 Å². The minimum atomic E-state index is 0.360. The van der Waals surface area contributed by atoms with Crippen LogP contribution in [-0.2, 0) is 6.54 Å². The summed E-state index contributed by atoms with van der Waals surface area (Å²) in [6.07, 6.45) is 0. The van der Waals surface area contributed by atoms with Crippen LogP contribution in [0.25, 0.3) is 85.1 Å². The molecule has 0 amide bonds. The molecule has 7 aromatic carbocycles. The SMILES string of the molecule is C=NC(=NC(=NCc1cccc2c1oc1ccccc12)c1cccc2sc3cc(-c4nc(-c5ccccc5)c5sc6ccccc6c5n4)ccc3c12)c1ccccc1.CC. The Balaban J connectivity index is 0.00000213. The molecule has 11 rings (SSSR count). The van der Waals surface area contributed by atoms with E-state index in [-0.39, 0.29) is 0 Å². The monoisotopic (exact) mass is 811 g/mol. The summed E-state index contributed by atoms with van der Waals surface area (Å²) in [5, 5.41) is 5.49. The fraction of sp³-hybridized carbons (Fsp3) is 0.0577. The number of benzene rings is 7. The van der Waals surface area contributed by atoms with Crippen LogP contribution < -0.4 is 0 Å². The predicted octanol–water partition coefficient (Wildman–Crippen LogP) is 14.6. The normalized spacial score (nSPS) is 12.2. The number of rotatable bonds is 6. The number of thiophene rings is 2. The van der Waals surface area contributed by atoms with Gasteiger partial charge in [-0.3, -0.25) is 4.99 Å². The van der Waals surface area contributed by atoms with E-state index in [4.69, 9.17) is 24.4 Å². The number of fused-ring (bicyclic) bond motifs is 9. The highest BCUT2D eigenvalue weighted by Crippen LogP contribution is 2.42. The van der Waals surface area contributed by atoms with E-state index in [0.29, 0.717) is 24.0 Å². The maximum atomic E-state index is 6.39. The first kappa shape index (κ1) is 37.2. The minimum absolute atomic E-state index is 0.360. The average Bonchev–Trinajstić information content (AvgIpc) is 4.01. The molecule has 4 heterocycles. The quantitative estimate of drug-likeness (QED) is 0.124. The second kappa shape index (κ2) is 15.9. The number of hydrogen-bond donors (Lipinski definition) is 0. The first-order valence-electron chi connectivity index (χ1n) is 20.0. The van der Waals surface area contributed by atoms with Gasteiger partial charge in [-0.05, 0) is 31.0 Å². The van der Waals surface area contributed by atoms with E-state index in [1.165, 1.54) is 4.70 Å². The number of nitrogens with zero attached hydrogens (tertiary/aromatic N) is 5. The van der Waals surface area contributed by atoms with Crippen LogP contribution in [0, 0.1) is 0 Å². The van der Waals surface area contributed by atoms with E-state index < -0.39 is 0 Å². The second-order valence-electron chi connectivity index (χ2n) is 14.0. The maximum Gasteiger partial charge on any atom is 0.161 e. The molecule has 0 unspecified atom stereocenters. The molecule has 0 bridgehead atoms. The Labute approximate surface area is 354 Å². The molecule has 0 aliphatic carbocycles. The molecule has 0 saturated heterocycles. The summed E-state index contributed by atoms with van der Waals surface area (Å²) in [7, 11) is 0. The molecule has 0 aliphatic rings. The standard InChI is InChI=1S/C50H31N5OS2.C2H6/c1-51-48(31-16-6-3-7-17-31)55-50(52-29-33-18-12-21-35-34-19-8-10-23-39(34)56-46(33)35)38-22-13-25-41-43(38)36-27-26-32(28-42(36)57-41)49-53-44(30-14-4-2-5-15-30)47-45(54-49)37-20-9-11-24-40(37)58-47;1-2/h2-28H,1,29H2;1-2H3. The Bertz CT molecular complexity index is 3450.